The lowest BCUT2D eigenvalue weighted by Gasteiger charge is -2.09. The molecule has 0 unspecified atom stereocenters. The Bertz CT molecular complexity index is 419. The molecule has 1 heterocycles. The van der Waals surface area contributed by atoms with Crippen LogP contribution in [0.1, 0.15) is 18.1 Å². The zero-order valence-electron chi connectivity index (χ0n) is 9.04. The second kappa shape index (κ2) is 5.03. The highest BCUT2D eigenvalue weighted by molar-refractivity contribution is 5.74. The number of ether oxygens (including phenoxy) is 1. The molecule has 0 saturated heterocycles. The Hall–Kier alpha value is -1.79. The van der Waals surface area contributed by atoms with Gasteiger partial charge in [0.15, 0.2) is 0 Å². The maximum atomic E-state index is 12.4. The van der Waals surface area contributed by atoms with Gasteiger partial charge in [0.25, 0.3) is 0 Å². The molecule has 0 aliphatic rings. The first-order valence-electron chi connectivity index (χ1n) is 4.81. The molecule has 4 nitrogen and oxygen atoms in total. The van der Waals surface area contributed by atoms with Gasteiger partial charge in [-0.25, -0.2) is 4.98 Å². The van der Waals surface area contributed by atoms with Gasteiger partial charge in [-0.05, 0) is 13.0 Å². The second-order valence-corrected chi connectivity index (χ2v) is 3.25. The van der Waals surface area contributed by atoms with Crippen molar-refractivity contribution >= 4 is 11.8 Å². The predicted octanol–water partition coefficient (Wildman–Crippen LogP) is 1.79. The van der Waals surface area contributed by atoms with Crippen LogP contribution in [0.2, 0.25) is 0 Å². The van der Waals surface area contributed by atoms with Crippen LogP contribution in [0.25, 0.3) is 0 Å². The minimum atomic E-state index is -4.51. The number of carbonyl (C=O) groups excluding carboxylic acids is 1. The highest BCUT2D eigenvalue weighted by Gasteiger charge is 2.31. The quantitative estimate of drug-likeness (QED) is 0.828. The highest BCUT2D eigenvalue weighted by Crippen LogP contribution is 2.30. The lowest BCUT2D eigenvalue weighted by Crippen LogP contribution is -2.13. The number of alkyl halides is 3. The monoisotopic (exact) mass is 248 g/mol. The van der Waals surface area contributed by atoms with E-state index in [1.54, 1.807) is 6.92 Å². The number of halogens is 3. The average molecular weight is 248 g/mol. The van der Waals surface area contributed by atoms with Gasteiger partial charge in [-0.1, -0.05) is 0 Å². The van der Waals surface area contributed by atoms with E-state index in [-0.39, 0.29) is 24.4 Å². The van der Waals surface area contributed by atoms with Crippen LogP contribution in [0.4, 0.5) is 19.0 Å². The van der Waals surface area contributed by atoms with Gasteiger partial charge in [0, 0.05) is 11.8 Å². The number of nitrogens with zero attached hydrogens (tertiary/aromatic N) is 1. The number of anilines is 1. The van der Waals surface area contributed by atoms with Gasteiger partial charge >= 0.3 is 12.1 Å². The average Bonchev–Trinajstić information content (AvgIpc) is 2.20. The summed E-state index contributed by atoms with van der Waals surface area (Å²) in [5, 5.41) is 0. The fourth-order valence-electron chi connectivity index (χ4n) is 1.19. The number of aromatic nitrogens is 1. The number of hydrogen-bond acceptors (Lipinski definition) is 4. The lowest BCUT2D eigenvalue weighted by atomic mass is 10.1. The first kappa shape index (κ1) is 13.3. The molecule has 0 aliphatic heterocycles. The van der Waals surface area contributed by atoms with Crippen LogP contribution in [0.5, 0.6) is 0 Å². The molecule has 0 spiro atoms. The Morgan fingerprint density at radius 2 is 2.18 bits per heavy atom. The van der Waals surface area contributed by atoms with E-state index < -0.39 is 17.7 Å². The van der Waals surface area contributed by atoms with E-state index in [9.17, 15) is 18.0 Å². The molecule has 17 heavy (non-hydrogen) atoms. The third-order valence-electron chi connectivity index (χ3n) is 1.97. The molecule has 94 valence electrons. The van der Waals surface area contributed by atoms with Gasteiger partial charge in [-0.3, -0.25) is 4.79 Å². The van der Waals surface area contributed by atoms with Gasteiger partial charge in [-0.15, -0.1) is 0 Å². The molecule has 0 atom stereocenters. The fourth-order valence-corrected chi connectivity index (χ4v) is 1.19. The van der Waals surface area contributed by atoms with Gasteiger partial charge in [-0.2, -0.15) is 13.2 Å². The molecule has 1 aromatic rings. The van der Waals surface area contributed by atoms with E-state index in [2.05, 4.69) is 9.72 Å². The zero-order chi connectivity index (χ0) is 13.1. The van der Waals surface area contributed by atoms with E-state index in [0.29, 0.717) is 6.20 Å². The van der Waals surface area contributed by atoms with Gasteiger partial charge in [0.05, 0.1) is 18.6 Å². The van der Waals surface area contributed by atoms with Crippen molar-refractivity contribution in [1.82, 2.24) is 4.98 Å². The van der Waals surface area contributed by atoms with Gasteiger partial charge in [0.1, 0.15) is 5.82 Å². The summed E-state index contributed by atoms with van der Waals surface area (Å²) in [6.07, 6.45) is -4.20. The first-order valence-corrected chi connectivity index (χ1v) is 4.81. The summed E-state index contributed by atoms with van der Waals surface area (Å²) in [4.78, 5) is 14.5. The number of esters is 1. The van der Waals surface area contributed by atoms with Crippen molar-refractivity contribution in [3.8, 4) is 0 Å². The number of nitrogens with two attached hydrogens (primary N) is 1. The SMILES string of the molecule is CCOC(=O)Cc1cc(C(F)(F)F)cnc1N. The summed E-state index contributed by atoms with van der Waals surface area (Å²) in [6.45, 7) is 1.76. The molecule has 0 saturated carbocycles. The van der Waals surface area contributed by atoms with Crippen LogP contribution < -0.4 is 5.73 Å². The molecule has 0 bridgehead atoms. The van der Waals surface area contributed by atoms with Crippen LogP contribution in [-0.2, 0) is 22.1 Å². The maximum absolute atomic E-state index is 12.4. The summed E-state index contributed by atoms with van der Waals surface area (Å²) in [5.41, 5.74) is 4.46. The summed E-state index contributed by atoms with van der Waals surface area (Å²) < 4.78 is 41.8. The van der Waals surface area contributed by atoms with Crippen molar-refractivity contribution in [1.29, 1.82) is 0 Å². The number of carbonyl (C=O) groups is 1. The minimum absolute atomic E-state index is 0.0123. The van der Waals surface area contributed by atoms with Crippen molar-refractivity contribution in [2.45, 2.75) is 19.5 Å². The number of hydrogen-bond donors (Lipinski definition) is 1. The van der Waals surface area contributed by atoms with Crippen LogP contribution in [-0.4, -0.2) is 17.6 Å². The normalized spacial score (nSPS) is 11.3. The zero-order valence-corrected chi connectivity index (χ0v) is 9.04. The van der Waals surface area contributed by atoms with Crippen molar-refractivity contribution in [3.63, 3.8) is 0 Å². The van der Waals surface area contributed by atoms with E-state index in [0.717, 1.165) is 6.07 Å². The summed E-state index contributed by atoms with van der Waals surface area (Å²) in [6, 6.07) is 0.805. The minimum Gasteiger partial charge on any atom is -0.466 e. The molecule has 0 amide bonds. The molecule has 1 rings (SSSR count). The molecule has 0 aliphatic carbocycles. The molecule has 0 fully saturated rings. The van der Waals surface area contributed by atoms with Gasteiger partial charge in [0.2, 0.25) is 0 Å². The smallest absolute Gasteiger partial charge is 0.417 e. The molecule has 0 radical (unpaired) electrons. The Kier molecular flexibility index (Phi) is 3.93. The topological polar surface area (TPSA) is 65.2 Å². The number of pyridine rings is 1. The molecular weight excluding hydrogens is 237 g/mol. The Morgan fingerprint density at radius 1 is 1.53 bits per heavy atom. The van der Waals surface area contributed by atoms with Crippen LogP contribution in [0.15, 0.2) is 12.3 Å². The van der Waals surface area contributed by atoms with Crippen LogP contribution in [0, 0.1) is 0 Å². The summed E-state index contributed by atoms with van der Waals surface area (Å²) in [7, 11) is 0. The highest BCUT2D eigenvalue weighted by atomic mass is 19.4. The summed E-state index contributed by atoms with van der Waals surface area (Å²) >= 11 is 0. The molecule has 0 aromatic carbocycles. The predicted molar refractivity (Wildman–Crippen MR) is 54.0 cm³/mol. The molecule has 2 N–H and O–H groups in total. The van der Waals surface area contributed by atoms with E-state index in [1.165, 1.54) is 0 Å². The van der Waals surface area contributed by atoms with Crippen molar-refractivity contribution < 1.29 is 22.7 Å². The second-order valence-electron chi connectivity index (χ2n) is 3.25. The number of nitrogen functional groups attached to an aromatic ring is 1. The third-order valence-corrected chi connectivity index (χ3v) is 1.97. The van der Waals surface area contributed by atoms with E-state index >= 15 is 0 Å². The molecule has 1 aromatic heterocycles. The molecule has 7 heteroatoms. The molecular formula is C10H11F3N2O2. The van der Waals surface area contributed by atoms with E-state index in [1.807, 2.05) is 0 Å². The van der Waals surface area contributed by atoms with Crippen LogP contribution in [0.3, 0.4) is 0 Å². The van der Waals surface area contributed by atoms with Gasteiger partial charge < -0.3 is 10.5 Å². The first-order chi connectivity index (χ1) is 7.84. The lowest BCUT2D eigenvalue weighted by molar-refractivity contribution is -0.142. The number of rotatable bonds is 3. The van der Waals surface area contributed by atoms with Crippen molar-refractivity contribution in [2.24, 2.45) is 0 Å². The Morgan fingerprint density at radius 3 is 2.71 bits per heavy atom. The van der Waals surface area contributed by atoms with E-state index in [4.69, 9.17) is 5.73 Å². The standard InChI is InChI=1S/C10H11F3N2O2/c1-2-17-8(16)4-6-3-7(10(11,12)13)5-15-9(6)14/h3,5H,2,4H2,1H3,(H2,14,15). The fraction of sp³-hybridized carbons (Fsp3) is 0.400. The maximum Gasteiger partial charge on any atom is 0.417 e. The van der Waals surface area contributed by atoms with Crippen LogP contribution >= 0.6 is 0 Å². The Labute approximate surface area is 95.6 Å². The van der Waals surface area contributed by atoms with Crippen molar-refractivity contribution in [2.75, 3.05) is 12.3 Å². The third kappa shape index (κ3) is 3.61. The Balaban J connectivity index is 2.95. The van der Waals surface area contributed by atoms with Crippen molar-refractivity contribution in [3.05, 3.63) is 23.4 Å². The largest absolute Gasteiger partial charge is 0.466 e. The summed E-state index contributed by atoms with van der Waals surface area (Å²) in [5.74, 6) is -0.744.